The van der Waals surface area contributed by atoms with Crippen LogP contribution in [0.25, 0.3) is 0 Å². The smallest absolute Gasteiger partial charge is 0.261 e. The SMILES string of the molecule is Cc1ccc(NS(=O)(=O)c2cccc(C(=O)NC3CCCCCC3)c2)cc1. The lowest BCUT2D eigenvalue weighted by Crippen LogP contribution is -2.34. The molecule has 6 heteroatoms. The van der Waals surface area contributed by atoms with Crippen molar-refractivity contribution in [3.8, 4) is 0 Å². The highest BCUT2D eigenvalue weighted by molar-refractivity contribution is 7.92. The van der Waals surface area contributed by atoms with Gasteiger partial charge >= 0.3 is 0 Å². The van der Waals surface area contributed by atoms with Gasteiger partial charge in [0.2, 0.25) is 0 Å². The number of amides is 1. The molecule has 27 heavy (non-hydrogen) atoms. The second-order valence-electron chi connectivity index (χ2n) is 7.16. The van der Waals surface area contributed by atoms with Crippen molar-refractivity contribution in [2.24, 2.45) is 0 Å². The number of carbonyl (C=O) groups excluding carboxylic acids is 1. The van der Waals surface area contributed by atoms with Crippen molar-refractivity contribution >= 4 is 21.6 Å². The molecule has 0 bridgehead atoms. The highest BCUT2D eigenvalue weighted by Gasteiger charge is 2.19. The van der Waals surface area contributed by atoms with E-state index >= 15 is 0 Å². The van der Waals surface area contributed by atoms with Gasteiger partial charge in [-0.05, 0) is 50.1 Å². The Labute approximate surface area is 161 Å². The number of sulfonamides is 1. The number of benzene rings is 2. The molecule has 1 amide bonds. The molecule has 0 saturated heterocycles. The van der Waals surface area contributed by atoms with Gasteiger partial charge in [-0.25, -0.2) is 8.42 Å². The second kappa shape index (κ2) is 8.57. The van der Waals surface area contributed by atoms with Crippen LogP contribution in [0.2, 0.25) is 0 Å². The molecule has 0 spiro atoms. The van der Waals surface area contributed by atoms with Crippen molar-refractivity contribution in [2.45, 2.75) is 56.4 Å². The first kappa shape index (κ1) is 19.4. The Morgan fingerprint density at radius 1 is 0.963 bits per heavy atom. The maximum Gasteiger partial charge on any atom is 0.261 e. The van der Waals surface area contributed by atoms with Gasteiger partial charge in [-0.3, -0.25) is 9.52 Å². The Morgan fingerprint density at radius 2 is 1.63 bits per heavy atom. The highest BCUT2D eigenvalue weighted by Crippen LogP contribution is 2.20. The maximum atomic E-state index is 12.7. The van der Waals surface area contributed by atoms with E-state index in [0.717, 1.165) is 31.2 Å². The summed E-state index contributed by atoms with van der Waals surface area (Å²) in [5.41, 5.74) is 1.91. The summed E-state index contributed by atoms with van der Waals surface area (Å²) >= 11 is 0. The van der Waals surface area contributed by atoms with Gasteiger partial charge in [0.25, 0.3) is 15.9 Å². The van der Waals surface area contributed by atoms with E-state index in [-0.39, 0.29) is 16.8 Å². The molecule has 0 heterocycles. The number of anilines is 1. The van der Waals surface area contributed by atoms with Gasteiger partial charge in [0.1, 0.15) is 0 Å². The largest absolute Gasteiger partial charge is 0.349 e. The standard InChI is InChI=1S/C21H26N2O3S/c1-16-11-13-19(14-12-16)23-27(25,26)20-10-6-7-17(15-20)21(24)22-18-8-4-2-3-5-9-18/h6-7,10-15,18,23H,2-5,8-9H2,1H3,(H,22,24). The molecule has 2 aromatic carbocycles. The lowest BCUT2D eigenvalue weighted by molar-refractivity contribution is 0.0933. The molecule has 0 aromatic heterocycles. The van der Waals surface area contributed by atoms with Crippen LogP contribution in [0.4, 0.5) is 5.69 Å². The molecule has 1 aliphatic rings. The average Bonchev–Trinajstić information content (AvgIpc) is 2.92. The van der Waals surface area contributed by atoms with E-state index in [0.29, 0.717) is 11.3 Å². The lowest BCUT2D eigenvalue weighted by Gasteiger charge is -2.16. The minimum atomic E-state index is -3.75. The molecule has 2 aromatic rings. The van der Waals surface area contributed by atoms with E-state index in [1.165, 1.54) is 25.0 Å². The van der Waals surface area contributed by atoms with Gasteiger partial charge in [-0.2, -0.15) is 0 Å². The third kappa shape index (κ3) is 5.32. The van der Waals surface area contributed by atoms with Gasteiger partial charge in [0.05, 0.1) is 4.90 Å². The first-order valence-electron chi connectivity index (χ1n) is 9.44. The fourth-order valence-corrected chi connectivity index (χ4v) is 4.44. The van der Waals surface area contributed by atoms with Crippen LogP contribution in [-0.4, -0.2) is 20.4 Å². The van der Waals surface area contributed by atoms with Crippen molar-refractivity contribution in [3.05, 3.63) is 59.7 Å². The minimum absolute atomic E-state index is 0.0802. The first-order chi connectivity index (χ1) is 12.9. The number of hydrogen-bond donors (Lipinski definition) is 2. The number of carbonyl (C=O) groups is 1. The summed E-state index contributed by atoms with van der Waals surface area (Å²) in [5, 5.41) is 3.06. The predicted molar refractivity (Wildman–Crippen MR) is 107 cm³/mol. The quantitative estimate of drug-likeness (QED) is 0.755. The predicted octanol–water partition coefficient (Wildman–Crippen LogP) is 4.25. The van der Waals surface area contributed by atoms with E-state index in [4.69, 9.17) is 0 Å². The molecule has 2 N–H and O–H groups in total. The van der Waals surface area contributed by atoms with E-state index in [2.05, 4.69) is 10.0 Å². The summed E-state index contributed by atoms with van der Waals surface area (Å²) in [6.45, 7) is 1.94. The van der Waals surface area contributed by atoms with Gasteiger partial charge in [-0.15, -0.1) is 0 Å². The van der Waals surface area contributed by atoms with Crippen LogP contribution >= 0.6 is 0 Å². The molecule has 1 aliphatic carbocycles. The van der Waals surface area contributed by atoms with Crippen molar-refractivity contribution in [1.29, 1.82) is 0 Å². The summed E-state index contributed by atoms with van der Waals surface area (Å²) in [6.07, 6.45) is 6.65. The summed E-state index contributed by atoms with van der Waals surface area (Å²) in [4.78, 5) is 12.7. The number of aryl methyl sites for hydroxylation is 1. The molecule has 0 radical (unpaired) electrons. The molecule has 1 saturated carbocycles. The van der Waals surface area contributed by atoms with Crippen LogP contribution in [0.1, 0.15) is 54.4 Å². The molecular formula is C21H26N2O3S. The van der Waals surface area contributed by atoms with Crippen molar-refractivity contribution < 1.29 is 13.2 Å². The summed E-state index contributed by atoms with van der Waals surface area (Å²) in [6, 6.07) is 13.5. The van der Waals surface area contributed by atoms with E-state index in [1.807, 2.05) is 19.1 Å². The first-order valence-corrected chi connectivity index (χ1v) is 10.9. The molecule has 0 atom stereocenters. The molecule has 3 rings (SSSR count). The molecule has 0 unspecified atom stereocenters. The second-order valence-corrected chi connectivity index (χ2v) is 8.84. The zero-order valence-corrected chi connectivity index (χ0v) is 16.4. The maximum absolute atomic E-state index is 12.7. The van der Waals surface area contributed by atoms with Gasteiger partial charge < -0.3 is 5.32 Å². The Hall–Kier alpha value is -2.34. The van der Waals surface area contributed by atoms with Gasteiger partial charge in [0, 0.05) is 17.3 Å². The Kier molecular flexibility index (Phi) is 6.16. The number of hydrogen-bond acceptors (Lipinski definition) is 3. The van der Waals surface area contributed by atoms with E-state index in [9.17, 15) is 13.2 Å². The number of nitrogens with one attached hydrogen (secondary N) is 2. The summed E-state index contributed by atoms with van der Waals surface area (Å²) in [5.74, 6) is -0.214. The average molecular weight is 387 g/mol. The summed E-state index contributed by atoms with van der Waals surface area (Å²) in [7, 11) is -3.75. The molecule has 1 fully saturated rings. The van der Waals surface area contributed by atoms with Crippen LogP contribution in [-0.2, 0) is 10.0 Å². The minimum Gasteiger partial charge on any atom is -0.349 e. The van der Waals surface area contributed by atoms with Crippen LogP contribution < -0.4 is 10.0 Å². The fraction of sp³-hybridized carbons (Fsp3) is 0.381. The van der Waals surface area contributed by atoms with Crippen LogP contribution in [0.3, 0.4) is 0 Å². The zero-order chi connectivity index (χ0) is 19.3. The molecular weight excluding hydrogens is 360 g/mol. The highest BCUT2D eigenvalue weighted by atomic mass is 32.2. The third-order valence-electron chi connectivity index (χ3n) is 4.90. The van der Waals surface area contributed by atoms with Gasteiger partial charge in [-0.1, -0.05) is 49.4 Å². The summed E-state index contributed by atoms with van der Waals surface area (Å²) < 4.78 is 27.9. The van der Waals surface area contributed by atoms with Crippen molar-refractivity contribution in [2.75, 3.05) is 4.72 Å². The monoisotopic (exact) mass is 386 g/mol. The Morgan fingerprint density at radius 3 is 2.30 bits per heavy atom. The normalized spacial score (nSPS) is 15.7. The fourth-order valence-electron chi connectivity index (χ4n) is 3.33. The van der Waals surface area contributed by atoms with Crippen LogP contribution in [0, 0.1) is 6.92 Å². The van der Waals surface area contributed by atoms with Crippen molar-refractivity contribution in [3.63, 3.8) is 0 Å². The van der Waals surface area contributed by atoms with E-state index < -0.39 is 10.0 Å². The van der Waals surface area contributed by atoms with E-state index in [1.54, 1.807) is 24.3 Å². The lowest BCUT2D eigenvalue weighted by atomic mass is 10.1. The third-order valence-corrected chi connectivity index (χ3v) is 6.28. The molecule has 5 nitrogen and oxygen atoms in total. The molecule has 0 aliphatic heterocycles. The molecule has 144 valence electrons. The Bertz CT molecular complexity index is 884. The zero-order valence-electron chi connectivity index (χ0n) is 15.6. The van der Waals surface area contributed by atoms with Crippen molar-refractivity contribution in [1.82, 2.24) is 5.32 Å². The van der Waals surface area contributed by atoms with Crippen LogP contribution in [0.15, 0.2) is 53.4 Å². The topological polar surface area (TPSA) is 75.3 Å². The Balaban J connectivity index is 1.73. The van der Waals surface area contributed by atoms with Gasteiger partial charge in [0.15, 0.2) is 0 Å². The van der Waals surface area contributed by atoms with Crippen LogP contribution in [0.5, 0.6) is 0 Å². The number of rotatable bonds is 5.